The van der Waals surface area contributed by atoms with E-state index in [1.165, 1.54) is 0 Å². The van der Waals surface area contributed by atoms with Crippen LogP contribution in [0.2, 0.25) is 0 Å². The van der Waals surface area contributed by atoms with Gasteiger partial charge in [0.15, 0.2) is 0 Å². The molecule has 1 atom stereocenters. The molecule has 0 aromatic heterocycles. The predicted octanol–water partition coefficient (Wildman–Crippen LogP) is 1.30. The summed E-state index contributed by atoms with van der Waals surface area (Å²) in [6.45, 7) is 5.92. The van der Waals surface area contributed by atoms with Gasteiger partial charge >= 0.3 is 12.0 Å². The lowest BCUT2D eigenvalue weighted by molar-refractivity contribution is -0.139. The maximum absolute atomic E-state index is 11.8. The van der Waals surface area contributed by atoms with Crippen molar-refractivity contribution in [3.8, 4) is 0 Å². The summed E-state index contributed by atoms with van der Waals surface area (Å²) in [5.41, 5.74) is 1.21. The molecule has 5 heteroatoms. The van der Waals surface area contributed by atoms with Crippen LogP contribution in [0.3, 0.4) is 0 Å². The van der Waals surface area contributed by atoms with E-state index in [9.17, 15) is 9.59 Å². The van der Waals surface area contributed by atoms with E-state index in [0.29, 0.717) is 30.7 Å². The number of ether oxygens (including phenoxy) is 1. The third-order valence-corrected chi connectivity index (χ3v) is 2.50. The Bertz CT molecular complexity index is 323. The molecule has 0 aromatic carbocycles. The first-order chi connectivity index (χ1) is 7.63. The van der Waals surface area contributed by atoms with Crippen LogP contribution in [0.25, 0.3) is 0 Å². The van der Waals surface area contributed by atoms with Crippen molar-refractivity contribution < 1.29 is 14.3 Å². The molecule has 1 aliphatic rings. The predicted molar refractivity (Wildman–Crippen MR) is 59.7 cm³/mol. The molecule has 0 saturated carbocycles. The zero-order valence-electron chi connectivity index (χ0n) is 9.92. The molecule has 5 nitrogen and oxygen atoms in total. The van der Waals surface area contributed by atoms with Crippen molar-refractivity contribution in [1.29, 1.82) is 0 Å². The number of amides is 2. The highest BCUT2D eigenvalue weighted by Gasteiger charge is 2.30. The molecule has 0 radical (unpaired) electrons. The van der Waals surface area contributed by atoms with Crippen LogP contribution < -0.4 is 10.6 Å². The van der Waals surface area contributed by atoms with Crippen molar-refractivity contribution in [2.45, 2.75) is 39.7 Å². The van der Waals surface area contributed by atoms with E-state index in [2.05, 4.69) is 10.6 Å². The molecule has 16 heavy (non-hydrogen) atoms. The van der Waals surface area contributed by atoms with E-state index in [4.69, 9.17) is 4.74 Å². The minimum Gasteiger partial charge on any atom is -0.463 e. The van der Waals surface area contributed by atoms with Crippen molar-refractivity contribution in [1.82, 2.24) is 10.6 Å². The molecule has 0 aliphatic carbocycles. The second-order valence-corrected chi connectivity index (χ2v) is 3.53. The molecule has 0 aromatic rings. The van der Waals surface area contributed by atoms with Gasteiger partial charge in [0, 0.05) is 5.70 Å². The summed E-state index contributed by atoms with van der Waals surface area (Å²) in [4.78, 5) is 23.1. The molecule has 0 unspecified atom stereocenters. The molecule has 0 bridgehead atoms. The van der Waals surface area contributed by atoms with Crippen LogP contribution in [-0.2, 0) is 9.53 Å². The molecule has 90 valence electrons. The van der Waals surface area contributed by atoms with E-state index < -0.39 is 0 Å². The average molecular weight is 226 g/mol. The number of nitrogens with one attached hydrogen (secondary N) is 2. The number of esters is 1. The molecule has 0 fully saturated rings. The summed E-state index contributed by atoms with van der Waals surface area (Å²) in [6, 6.07) is -0.500. The van der Waals surface area contributed by atoms with Crippen LogP contribution >= 0.6 is 0 Å². The standard InChI is InChI=1S/C11H18N2O3/c1-4-7-9(10(14)16-6-3)8(5-2)13-11(15)12-7/h7H,4-6H2,1-3H3,(H2,12,13,15)/t7-/m0/s1. The van der Waals surface area contributed by atoms with Gasteiger partial charge in [-0.1, -0.05) is 13.8 Å². The van der Waals surface area contributed by atoms with Gasteiger partial charge in [-0.15, -0.1) is 0 Å². The van der Waals surface area contributed by atoms with E-state index in [-0.39, 0.29) is 18.0 Å². The van der Waals surface area contributed by atoms with Crippen molar-refractivity contribution in [3.63, 3.8) is 0 Å². The van der Waals surface area contributed by atoms with E-state index in [0.717, 1.165) is 0 Å². The Morgan fingerprint density at radius 1 is 1.38 bits per heavy atom. The number of allylic oxidation sites excluding steroid dienone is 1. The average Bonchev–Trinajstić information content (AvgIpc) is 2.27. The highest BCUT2D eigenvalue weighted by Crippen LogP contribution is 2.18. The van der Waals surface area contributed by atoms with Crippen LogP contribution in [0.4, 0.5) is 4.79 Å². The Morgan fingerprint density at radius 2 is 2.06 bits per heavy atom. The number of hydrogen-bond donors (Lipinski definition) is 2. The van der Waals surface area contributed by atoms with Gasteiger partial charge in [0.05, 0.1) is 18.2 Å². The fourth-order valence-corrected chi connectivity index (χ4v) is 1.74. The second-order valence-electron chi connectivity index (χ2n) is 3.53. The number of carbonyl (C=O) groups is 2. The molecule has 1 heterocycles. The Labute approximate surface area is 95.2 Å². The van der Waals surface area contributed by atoms with Gasteiger partial charge in [0.25, 0.3) is 0 Å². The smallest absolute Gasteiger partial charge is 0.337 e. The topological polar surface area (TPSA) is 67.4 Å². The quantitative estimate of drug-likeness (QED) is 0.710. The summed E-state index contributed by atoms with van der Waals surface area (Å²) in [6.07, 6.45) is 1.28. The molecule has 0 saturated heterocycles. The van der Waals surface area contributed by atoms with E-state index in [1.807, 2.05) is 13.8 Å². The molecule has 0 spiro atoms. The third-order valence-electron chi connectivity index (χ3n) is 2.50. The van der Waals surface area contributed by atoms with Gasteiger partial charge < -0.3 is 15.4 Å². The highest BCUT2D eigenvalue weighted by molar-refractivity contribution is 5.94. The first-order valence-corrected chi connectivity index (χ1v) is 5.61. The lowest BCUT2D eigenvalue weighted by Crippen LogP contribution is -2.50. The summed E-state index contributed by atoms with van der Waals surface area (Å²) in [7, 11) is 0. The van der Waals surface area contributed by atoms with Gasteiger partial charge in [0.2, 0.25) is 0 Å². The molecule has 1 rings (SSSR count). The number of carbonyl (C=O) groups excluding carboxylic acids is 2. The zero-order chi connectivity index (χ0) is 12.1. The van der Waals surface area contributed by atoms with Crippen molar-refractivity contribution in [2.75, 3.05) is 6.61 Å². The molecular weight excluding hydrogens is 208 g/mol. The fourth-order valence-electron chi connectivity index (χ4n) is 1.74. The largest absolute Gasteiger partial charge is 0.463 e. The van der Waals surface area contributed by atoms with Gasteiger partial charge in [-0.3, -0.25) is 0 Å². The molecule has 2 amide bonds. The maximum Gasteiger partial charge on any atom is 0.337 e. The van der Waals surface area contributed by atoms with E-state index >= 15 is 0 Å². The minimum atomic E-state index is -0.348. The normalized spacial score (nSPS) is 20.2. The minimum absolute atomic E-state index is 0.247. The Hall–Kier alpha value is -1.52. The Morgan fingerprint density at radius 3 is 2.56 bits per heavy atom. The summed E-state index contributed by atoms with van der Waals surface area (Å²) >= 11 is 0. The van der Waals surface area contributed by atoms with Crippen molar-refractivity contribution >= 4 is 12.0 Å². The van der Waals surface area contributed by atoms with Crippen LogP contribution in [0, 0.1) is 0 Å². The monoisotopic (exact) mass is 226 g/mol. The van der Waals surface area contributed by atoms with Crippen LogP contribution in [0.5, 0.6) is 0 Å². The van der Waals surface area contributed by atoms with Gasteiger partial charge in [0.1, 0.15) is 0 Å². The van der Waals surface area contributed by atoms with Crippen LogP contribution in [-0.4, -0.2) is 24.6 Å². The van der Waals surface area contributed by atoms with Gasteiger partial charge in [-0.05, 0) is 19.8 Å². The Kier molecular flexibility index (Phi) is 4.34. The molecule has 2 N–H and O–H groups in total. The van der Waals surface area contributed by atoms with Crippen LogP contribution in [0.15, 0.2) is 11.3 Å². The van der Waals surface area contributed by atoms with Gasteiger partial charge in [-0.25, -0.2) is 9.59 Å². The van der Waals surface area contributed by atoms with E-state index in [1.54, 1.807) is 6.92 Å². The SMILES string of the molecule is CCOC(=O)C1=C(CC)NC(=O)N[C@H]1CC. The first kappa shape index (κ1) is 12.5. The number of hydrogen-bond acceptors (Lipinski definition) is 3. The molecular formula is C11H18N2O3. The maximum atomic E-state index is 11.8. The first-order valence-electron chi connectivity index (χ1n) is 5.61. The fraction of sp³-hybridized carbons (Fsp3) is 0.636. The Balaban J connectivity index is 3.02. The lowest BCUT2D eigenvalue weighted by Gasteiger charge is -2.27. The number of rotatable bonds is 4. The lowest BCUT2D eigenvalue weighted by atomic mass is 9.99. The van der Waals surface area contributed by atoms with Gasteiger partial charge in [-0.2, -0.15) is 0 Å². The summed E-state index contributed by atoms with van der Waals surface area (Å²) < 4.78 is 4.99. The zero-order valence-corrected chi connectivity index (χ0v) is 9.92. The van der Waals surface area contributed by atoms with Crippen molar-refractivity contribution in [3.05, 3.63) is 11.3 Å². The number of urea groups is 1. The third kappa shape index (κ3) is 2.53. The van der Waals surface area contributed by atoms with Crippen molar-refractivity contribution in [2.24, 2.45) is 0 Å². The molecule has 1 aliphatic heterocycles. The second kappa shape index (κ2) is 5.53. The highest BCUT2D eigenvalue weighted by atomic mass is 16.5. The summed E-state index contributed by atoms with van der Waals surface area (Å²) in [5.74, 6) is -0.348. The van der Waals surface area contributed by atoms with Crippen LogP contribution in [0.1, 0.15) is 33.6 Å². The summed E-state index contributed by atoms with van der Waals surface area (Å²) in [5, 5.41) is 5.36.